The van der Waals surface area contributed by atoms with E-state index in [1.807, 2.05) is 48.5 Å². The number of methoxy groups -OCH3 is 2. The summed E-state index contributed by atoms with van der Waals surface area (Å²) in [5, 5.41) is 6.44. The second-order valence-corrected chi connectivity index (χ2v) is 5.70. The first-order chi connectivity index (χ1) is 10.3. The molecule has 2 aromatic carbocycles. The van der Waals surface area contributed by atoms with Crippen molar-refractivity contribution < 1.29 is 9.47 Å². The Morgan fingerprint density at radius 2 is 1.38 bits per heavy atom. The van der Waals surface area contributed by atoms with Crippen molar-refractivity contribution in [1.29, 1.82) is 0 Å². The Labute approximate surface area is 127 Å². The molecule has 110 valence electrons. The summed E-state index contributed by atoms with van der Waals surface area (Å²) in [6.45, 7) is 0. The molecule has 0 aromatic heterocycles. The topological polar surface area (TPSA) is 54.9 Å². The van der Waals surface area contributed by atoms with Gasteiger partial charge in [-0.05, 0) is 48.5 Å². The molecule has 0 bridgehead atoms. The van der Waals surface area contributed by atoms with Crippen LogP contribution in [0.15, 0.2) is 53.0 Å². The number of ether oxygens (including phenoxy) is 2. The Morgan fingerprint density at radius 1 is 0.857 bits per heavy atom. The highest BCUT2D eigenvalue weighted by atomic mass is 31.1. The van der Waals surface area contributed by atoms with Gasteiger partial charge in [0.05, 0.1) is 14.2 Å². The van der Waals surface area contributed by atoms with Gasteiger partial charge in [0.2, 0.25) is 0 Å². The lowest BCUT2D eigenvalue weighted by Crippen LogP contribution is -1.84. The zero-order valence-electron chi connectivity index (χ0n) is 11.8. The highest BCUT2D eigenvalue weighted by Gasteiger charge is 1.93. The van der Waals surface area contributed by atoms with Gasteiger partial charge >= 0.3 is 0 Å². The number of anilines is 2. The molecule has 0 fully saturated rings. The number of hydrogen-bond acceptors (Lipinski definition) is 4. The molecule has 0 spiro atoms. The first-order valence-corrected chi connectivity index (χ1v) is 8.06. The first-order valence-electron chi connectivity index (χ1n) is 6.26. The summed E-state index contributed by atoms with van der Waals surface area (Å²) in [5.41, 5.74) is 2.04. The zero-order valence-corrected chi connectivity index (χ0v) is 13.7. The number of benzene rings is 2. The largest absolute Gasteiger partial charge is 0.497 e. The highest BCUT2D eigenvalue weighted by Crippen LogP contribution is 2.25. The predicted octanol–water partition coefficient (Wildman–Crippen LogP) is 4.78. The average molecular weight is 321 g/mol. The lowest BCUT2D eigenvalue weighted by molar-refractivity contribution is 0.415. The lowest BCUT2D eigenvalue weighted by atomic mass is 10.3. The Bertz CT molecular complexity index is 574. The molecule has 7 heteroatoms. The van der Waals surface area contributed by atoms with E-state index >= 15 is 0 Å². The Balaban J connectivity index is 1.74. The second kappa shape index (κ2) is 8.46. The van der Waals surface area contributed by atoms with E-state index < -0.39 is 0 Å². The summed E-state index contributed by atoms with van der Waals surface area (Å²) in [5.74, 6) is 1.69. The van der Waals surface area contributed by atoms with E-state index in [-0.39, 0.29) is 0 Å². The molecule has 1 atom stereocenters. The van der Waals surface area contributed by atoms with E-state index in [9.17, 15) is 0 Å². The van der Waals surface area contributed by atoms with Crippen LogP contribution >= 0.6 is 17.4 Å². The predicted molar refractivity (Wildman–Crippen MR) is 90.9 cm³/mol. The normalized spacial score (nSPS) is 11.0. The van der Waals surface area contributed by atoms with Gasteiger partial charge in [0.15, 0.2) is 0 Å². The molecule has 0 aliphatic carbocycles. The molecule has 0 amide bonds. The van der Waals surface area contributed by atoms with Crippen LogP contribution in [0, 0.1) is 0 Å². The third kappa shape index (κ3) is 5.22. The lowest BCUT2D eigenvalue weighted by Gasteiger charge is -2.04. The van der Waals surface area contributed by atoms with E-state index in [1.54, 1.807) is 14.2 Å². The molecule has 2 rings (SSSR count). The van der Waals surface area contributed by atoms with Crippen LogP contribution in [-0.4, -0.2) is 14.2 Å². The second-order valence-electron chi connectivity index (χ2n) is 4.01. The van der Waals surface area contributed by atoms with Gasteiger partial charge in [0.1, 0.15) is 28.9 Å². The Hall–Kier alpha value is -1.83. The maximum atomic E-state index is 5.11. The summed E-state index contributed by atoms with van der Waals surface area (Å²) >= 11 is 0. The molecule has 0 aliphatic heterocycles. The molecule has 0 radical (unpaired) electrons. The van der Waals surface area contributed by atoms with Crippen LogP contribution in [0.3, 0.4) is 0 Å². The van der Waals surface area contributed by atoms with E-state index in [0.717, 1.165) is 31.4 Å². The molecule has 2 N–H and O–H groups in total. The summed E-state index contributed by atoms with van der Waals surface area (Å²) in [7, 11) is 4.41. The standard InChI is InChI=1S/C14H17N3O2P2/c1-18-13-7-3-11(4-8-13)15-20-17-21-16-12-5-9-14(19-2)10-6-12/h3-10,15,20H,1-2H3,(H,16,17). The van der Waals surface area contributed by atoms with Crippen molar-refractivity contribution in [2.45, 2.75) is 0 Å². The Morgan fingerprint density at radius 3 is 1.90 bits per heavy atom. The average Bonchev–Trinajstić information content (AvgIpc) is 2.55. The maximum Gasteiger partial charge on any atom is 0.130 e. The van der Waals surface area contributed by atoms with Crippen molar-refractivity contribution >= 4 is 28.8 Å². The van der Waals surface area contributed by atoms with Crippen molar-refractivity contribution in [3.8, 4) is 11.5 Å². The summed E-state index contributed by atoms with van der Waals surface area (Å²) in [4.78, 5) is 0. The van der Waals surface area contributed by atoms with Gasteiger partial charge in [-0.15, -0.1) is 0 Å². The number of nitrogens with one attached hydrogen (secondary N) is 2. The molecule has 5 nitrogen and oxygen atoms in total. The smallest absolute Gasteiger partial charge is 0.130 e. The van der Waals surface area contributed by atoms with Crippen molar-refractivity contribution in [1.82, 2.24) is 0 Å². The molecule has 21 heavy (non-hydrogen) atoms. The van der Waals surface area contributed by atoms with E-state index in [4.69, 9.17) is 9.47 Å². The minimum atomic E-state index is 0.291. The minimum Gasteiger partial charge on any atom is -0.497 e. The molecule has 0 saturated carbocycles. The first kappa shape index (κ1) is 15.6. The number of nitrogens with zero attached hydrogens (tertiary/aromatic N) is 1. The van der Waals surface area contributed by atoms with Gasteiger partial charge in [0.25, 0.3) is 0 Å². The van der Waals surface area contributed by atoms with E-state index in [2.05, 4.69) is 14.7 Å². The summed E-state index contributed by atoms with van der Waals surface area (Å²) in [6.07, 6.45) is 0. The molecule has 1 unspecified atom stereocenters. The van der Waals surface area contributed by atoms with Crippen LogP contribution in [0.25, 0.3) is 0 Å². The van der Waals surface area contributed by atoms with Crippen molar-refractivity contribution in [2.24, 2.45) is 4.52 Å². The Kier molecular flexibility index (Phi) is 6.26. The third-order valence-electron chi connectivity index (χ3n) is 2.66. The fraction of sp³-hybridized carbons (Fsp3) is 0.143. The van der Waals surface area contributed by atoms with Crippen molar-refractivity contribution in [3.63, 3.8) is 0 Å². The molecular weight excluding hydrogens is 304 g/mol. The number of rotatable bonds is 7. The molecule has 0 aliphatic rings. The number of hydrogen-bond donors (Lipinski definition) is 2. The van der Waals surface area contributed by atoms with Gasteiger partial charge in [-0.3, -0.25) is 0 Å². The van der Waals surface area contributed by atoms with Crippen LogP contribution in [0.4, 0.5) is 11.4 Å². The fourth-order valence-electron chi connectivity index (χ4n) is 1.54. The minimum absolute atomic E-state index is 0.291. The third-order valence-corrected chi connectivity index (χ3v) is 4.22. The van der Waals surface area contributed by atoms with E-state index in [1.165, 1.54) is 0 Å². The summed E-state index contributed by atoms with van der Waals surface area (Å²) < 4.78 is 14.6. The van der Waals surface area contributed by atoms with Gasteiger partial charge in [-0.25, -0.2) is 4.52 Å². The highest BCUT2D eigenvalue weighted by molar-refractivity contribution is 7.46. The quantitative estimate of drug-likeness (QED) is 0.721. The van der Waals surface area contributed by atoms with Crippen molar-refractivity contribution in [3.05, 3.63) is 48.5 Å². The van der Waals surface area contributed by atoms with Gasteiger partial charge in [-0.2, -0.15) is 0 Å². The SMILES string of the molecule is COc1ccc(NP=NPNc2ccc(OC)cc2)cc1. The summed E-state index contributed by atoms with van der Waals surface area (Å²) in [6, 6.07) is 15.5. The van der Waals surface area contributed by atoms with E-state index in [0.29, 0.717) is 8.88 Å². The molecule has 0 saturated heterocycles. The van der Waals surface area contributed by atoms with Crippen LogP contribution in [0.2, 0.25) is 0 Å². The monoisotopic (exact) mass is 321 g/mol. The molecule has 2 aromatic rings. The van der Waals surface area contributed by atoms with Crippen LogP contribution in [-0.2, 0) is 0 Å². The fourth-order valence-corrected chi connectivity index (χ4v) is 2.70. The van der Waals surface area contributed by atoms with Crippen LogP contribution < -0.4 is 19.6 Å². The van der Waals surface area contributed by atoms with Gasteiger partial charge < -0.3 is 19.6 Å². The molecular formula is C14H17N3O2P2. The maximum absolute atomic E-state index is 5.11. The van der Waals surface area contributed by atoms with Gasteiger partial charge in [-0.1, -0.05) is 0 Å². The van der Waals surface area contributed by atoms with Crippen LogP contribution in [0.1, 0.15) is 0 Å². The van der Waals surface area contributed by atoms with Crippen molar-refractivity contribution in [2.75, 3.05) is 24.4 Å². The van der Waals surface area contributed by atoms with Crippen LogP contribution in [0.5, 0.6) is 11.5 Å². The zero-order chi connectivity index (χ0) is 14.9. The molecule has 0 heterocycles. The van der Waals surface area contributed by atoms with Gasteiger partial charge in [0, 0.05) is 11.4 Å².